The standard InChI is InChI=1S/C26H33N3O4S/c1-3-19(2)27-25(32)21-13-7-14-22(18-21)28-26(34)29-23(30)15-8-16-24(31)33-17-9-12-20-10-5-4-6-11-20/h4-7,10-11,13-14,18-19H,3,8-9,12,15-17H2,1-2H3,(H,27,32)(H2,28,29,30,34). The first-order chi connectivity index (χ1) is 16.4. The van der Waals surface area contributed by atoms with Crippen LogP contribution in [0, 0.1) is 0 Å². The lowest BCUT2D eigenvalue weighted by atomic mass is 10.1. The van der Waals surface area contributed by atoms with Crippen molar-refractivity contribution in [2.75, 3.05) is 11.9 Å². The second kappa shape index (κ2) is 14.8. The molecule has 0 saturated carbocycles. The van der Waals surface area contributed by atoms with E-state index in [0.29, 0.717) is 24.3 Å². The van der Waals surface area contributed by atoms with Gasteiger partial charge in [-0.1, -0.05) is 43.3 Å². The fourth-order valence-electron chi connectivity index (χ4n) is 3.07. The number of amides is 2. The number of carbonyl (C=O) groups excluding carboxylic acids is 3. The average molecular weight is 484 g/mol. The summed E-state index contributed by atoms with van der Waals surface area (Å²) in [6, 6.07) is 17.0. The first kappa shape index (κ1) is 27.0. The number of thiocarbonyl (C=S) groups is 1. The summed E-state index contributed by atoms with van der Waals surface area (Å²) in [5.41, 5.74) is 2.31. The Kier molecular flexibility index (Phi) is 11.7. The van der Waals surface area contributed by atoms with Gasteiger partial charge in [0, 0.05) is 30.1 Å². The highest BCUT2D eigenvalue weighted by atomic mass is 32.1. The van der Waals surface area contributed by atoms with E-state index in [9.17, 15) is 14.4 Å². The first-order valence-electron chi connectivity index (χ1n) is 11.6. The molecule has 0 heterocycles. The number of rotatable bonds is 12. The molecule has 8 heteroatoms. The Morgan fingerprint density at radius 3 is 2.50 bits per heavy atom. The molecule has 0 aliphatic carbocycles. The van der Waals surface area contributed by atoms with Gasteiger partial charge in [0.1, 0.15) is 0 Å². The lowest BCUT2D eigenvalue weighted by molar-refractivity contribution is -0.143. The van der Waals surface area contributed by atoms with Gasteiger partial charge in [-0.05, 0) is 68.6 Å². The van der Waals surface area contributed by atoms with Crippen LogP contribution in [0.4, 0.5) is 5.69 Å². The van der Waals surface area contributed by atoms with Crippen molar-refractivity contribution in [1.29, 1.82) is 0 Å². The predicted molar refractivity (Wildman–Crippen MR) is 138 cm³/mol. The quantitative estimate of drug-likeness (QED) is 0.236. The van der Waals surface area contributed by atoms with Crippen LogP contribution < -0.4 is 16.0 Å². The highest BCUT2D eigenvalue weighted by molar-refractivity contribution is 7.80. The molecular weight excluding hydrogens is 450 g/mol. The number of aryl methyl sites for hydroxylation is 1. The minimum Gasteiger partial charge on any atom is -0.466 e. The molecule has 2 amide bonds. The molecule has 1 unspecified atom stereocenters. The molecule has 0 aliphatic heterocycles. The van der Waals surface area contributed by atoms with Gasteiger partial charge in [0.05, 0.1) is 6.61 Å². The number of carbonyl (C=O) groups is 3. The predicted octanol–water partition coefficient (Wildman–Crippen LogP) is 4.37. The molecule has 34 heavy (non-hydrogen) atoms. The smallest absolute Gasteiger partial charge is 0.305 e. The normalized spacial score (nSPS) is 11.2. The summed E-state index contributed by atoms with van der Waals surface area (Å²) in [7, 11) is 0. The van der Waals surface area contributed by atoms with Crippen molar-refractivity contribution in [1.82, 2.24) is 10.6 Å². The number of nitrogens with one attached hydrogen (secondary N) is 3. The summed E-state index contributed by atoms with van der Waals surface area (Å²) in [4.78, 5) is 36.2. The van der Waals surface area contributed by atoms with Crippen LogP contribution in [0.2, 0.25) is 0 Å². The molecule has 0 radical (unpaired) electrons. The lowest BCUT2D eigenvalue weighted by Crippen LogP contribution is -2.34. The molecule has 0 aliphatic rings. The van der Waals surface area contributed by atoms with Gasteiger partial charge in [0.15, 0.2) is 5.11 Å². The van der Waals surface area contributed by atoms with Crippen LogP contribution in [0.1, 0.15) is 61.9 Å². The van der Waals surface area contributed by atoms with E-state index in [0.717, 1.165) is 19.3 Å². The minimum atomic E-state index is -0.311. The van der Waals surface area contributed by atoms with Crippen molar-refractivity contribution in [3.63, 3.8) is 0 Å². The van der Waals surface area contributed by atoms with Crippen molar-refractivity contribution in [3.8, 4) is 0 Å². The molecule has 0 aromatic heterocycles. The van der Waals surface area contributed by atoms with E-state index in [1.807, 2.05) is 44.2 Å². The molecular formula is C26H33N3O4S. The fraction of sp³-hybridized carbons (Fsp3) is 0.385. The third kappa shape index (κ3) is 10.6. The highest BCUT2D eigenvalue weighted by Crippen LogP contribution is 2.11. The van der Waals surface area contributed by atoms with Crippen LogP contribution in [0.5, 0.6) is 0 Å². The van der Waals surface area contributed by atoms with Gasteiger partial charge in [-0.3, -0.25) is 14.4 Å². The molecule has 0 bridgehead atoms. The number of esters is 1. The summed E-state index contributed by atoms with van der Waals surface area (Å²) in [5.74, 6) is -0.769. The van der Waals surface area contributed by atoms with Crippen LogP contribution in [0.3, 0.4) is 0 Å². The summed E-state index contributed by atoms with van der Waals surface area (Å²) in [6.07, 6.45) is 3.15. The van der Waals surface area contributed by atoms with E-state index in [2.05, 4.69) is 16.0 Å². The Balaban J connectivity index is 1.63. The van der Waals surface area contributed by atoms with E-state index >= 15 is 0 Å². The second-order valence-electron chi connectivity index (χ2n) is 8.03. The van der Waals surface area contributed by atoms with Gasteiger partial charge >= 0.3 is 5.97 Å². The topological polar surface area (TPSA) is 96.5 Å². The number of anilines is 1. The third-order valence-electron chi connectivity index (χ3n) is 5.13. The zero-order valence-corrected chi connectivity index (χ0v) is 20.6. The number of benzene rings is 2. The highest BCUT2D eigenvalue weighted by Gasteiger charge is 2.11. The lowest BCUT2D eigenvalue weighted by Gasteiger charge is -2.13. The van der Waals surface area contributed by atoms with Crippen molar-refractivity contribution in [3.05, 3.63) is 65.7 Å². The van der Waals surface area contributed by atoms with Gasteiger partial charge in [-0.25, -0.2) is 0 Å². The molecule has 0 spiro atoms. The molecule has 1 atom stereocenters. The molecule has 0 saturated heterocycles. The Bertz CT molecular complexity index is 966. The van der Waals surface area contributed by atoms with E-state index in [4.69, 9.17) is 17.0 Å². The Morgan fingerprint density at radius 1 is 1.00 bits per heavy atom. The van der Waals surface area contributed by atoms with Gasteiger partial charge in [0.25, 0.3) is 5.91 Å². The second-order valence-corrected chi connectivity index (χ2v) is 8.44. The summed E-state index contributed by atoms with van der Waals surface area (Å²) >= 11 is 5.19. The Morgan fingerprint density at radius 2 is 1.76 bits per heavy atom. The van der Waals surface area contributed by atoms with Gasteiger partial charge in [-0.2, -0.15) is 0 Å². The van der Waals surface area contributed by atoms with E-state index < -0.39 is 0 Å². The van der Waals surface area contributed by atoms with Gasteiger partial charge in [0.2, 0.25) is 5.91 Å². The average Bonchev–Trinajstić information content (AvgIpc) is 2.82. The Hall–Kier alpha value is -3.26. The van der Waals surface area contributed by atoms with Gasteiger partial charge in [-0.15, -0.1) is 0 Å². The van der Waals surface area contributed by atoms with Crippen molar-refractivity contribution in [2.24, 2.45) is 0 Å². The summed E-state index contributed by atoms with van der Waals surface area (Å²) < 4.78 is 5.23. The zero-order chi connectivity index (χ0) is 24.8. The number of hydrogen-bond acceptors (Lipinski definition) is 5. The third-order valence-corrected chi connectivity index (χ3v) is 5.33. The molecule has 182 valence electrons. The molecule has 2 aromatic carbocycles. The zero-order valence-electron chi connectivity index (χ0n) is 19.8. The first-order valence-corrected chi connectivity index (χ1v) is 12.0. The molecule has 7 nitrogen and oxygen atoms in total. The van der Waals surface area contributed by atoms with Crippen LogP contribution in [0.15, 0.2) is 54.6 Å². The van der Waals surface area contributed by atoms with Crippen LogP contribution >= 0.6 is 12.2 Å². The van der Waals surface area contributed by atoms with Gasteiger partial charge < -0.3 is 20.7 Å². The van der Waals surface area contributed by atoms with E-state index in [1.54, 1.807) is 24.3 Å². The maximum absolute atomic E-state index is 12.3. The van der Waals surface area contributed by atoms with Crippen LogP contribution in [-0.4, -0.2) is 35.5 Å². The maximum Gasteiger partial charge on any atom is 0.305 e. The largest absolute Gasteiger partial charge is 0.466 e. The molecule has 2 rings (SSSR count). The van der Waals surface area contributed by atoms with E-state index in [-0.39, 0.29) is 41.8 Å². The van der Waals surface area contributed by atoms with E-state index in [1.165, 1.54) is 5.56 Å². The summed E-state index contributed by atoms with van der Waals surface area (Å²) in [6.45, 7) is 4.30. The molecule has 3 N–H and O–H groups in total. The Labute approximate surface area is 206 Å². The van der Waals surface area contributed by atoms with Crippen molar-refractivity contribution < 1.29 is 19.1 Å². The van der Waals surface area contributed by atoms with Crippen molar-refractivity contribution in [2.45, 2.75) is 58.4 Å². The monoisotopic (exact) mass is 483 g/mol. The summed E-state index contributed by atoms with van der Waals surface area (Å²) in [5, 5.41) is 8.54. The fourth-order valence-corrected chi connectivity index (χ4v) is 3.30. The van der Waals surface area contributed by atoms with Crippen LogP contribution in [-0.2, 0) is 20.7 Å². The minimum absolute atomic E-state index is 0.0797. The SMILES string of the molecule is CCC(C)NC(=O)c1cccc(NC(=S)NC(=O)CCCC(=O)OCCCc2ccccc2)c1. The maximum atomic E-state index is 12.3. The number of ether oxygens (including phenoxy) is 1. The van der Waals surface area contributed by atoms with Crippen molar-refractivity contribution >= 4 is 40.8 Å². The number of hydrogen-bond donors (Lipinski definition) is 3. The molecule has 0 fully saturated rings. The van der Waals surface area contributed by atoms with Crippen LogP contribution in [0.25, 0.3) is 0 Å². The molecule has 2 aromatic rings.